The van der Waals surface area contributed by atoms with Gasteiger partial charge in [-0.3, -0.25) is 0 Å². The van der Waals surface area contributed by atoms with Gasteiger partial charge in [0.15, 0.2) is 0 Å². The third-order valence-corrected chi connectivity index (χ3v) is 6.20. The number of hydrogen-bond donors (Lipinski definition) is 3. The molecule has 0 saturated heterocycles. The van der Waals surface area contributed by atoms with E-state index in [4.69, 9.17) is 9.47 Å². The second-order valence-electron chi connectivity index (χ2n) is 10.1. The molecule has 8 heteroatoms. The Hall–Kier alpha value is -4.33. The number of amides is 2. The van der Waals surface area contributed by atoms with E-state index in [1.807, 2.05) is 54.6 Å². The molecule has 1 aliphatic carbocycles. The van der Waals surface area contributed by atoms with Gasteiger partial charge in [-0.05, 0) is 48.1 Å². The number of nitrogens with one attached hydrogen (secondary N) is 3. The Bertz CT molecular complexity index is 1440. The fourth-order valence-electron chi connectivity index (χ4n) is 4.01. The lowest BCUT2D eigenvalue weighted by molar-refractivity contribution is 0.262. The van der Waals surface area contributed by atoms with Crippen molar-refractivity contribution in [1.82, 2.24) is 9.97 Å². The van der Waals surface area contributed by atoms with Crippen LogP contribution in [0.1, 0.15) is 39.2 Å². The summed E-state index contributed by atoms with van der Waals surface area (Å²) in [5.74, 6) is 2.24. The van der Waals surface area contributed by atoms with Crippen LogP contribution in [-0.2, 0) is 5.41 Å². The van der Waals surface area contributed by atoms with Crippen molar-refractivity contribution in [2.24, 2.45) is 0 Å². The molecule has 0 bridgehead atoms. The quantitative estimate of drug-likeness (QED) is 0.256. The number of fused-ring (bicyclic) bond motifs is 1. The minimum Gasteiger partial charge on any atom is -0.495 e. The van der Waals surface area contributed by atoms with Crippen LogP contribution in [0.15, 0.2) is 66.9 Å². The van der Waals surface area contributed by atoms with E-state index in [0.717, 1.165) is 29.2 Å². The maximum Gasteiger partial charge on any atom is 0.323 e. The smallest absolute Gasteiger partial charge is 0.323 e. The molecule has 5 rings (SSSR count). The normalized spacial score (nSPS) is 13.2. The minimum absolute atomic E-state index is 0.0659. The number of carbonyl (C=O) groups excluding carboxylic acids is 1. The predicted molar refractivity (Wildman–Crippen MR) is 147 cm³/mol. The molecule has 37 heavy (non-hydrogen) atoms. The topological polar surface area (TPSA) is 97.4 Å². The van der Waals surface area contributed by atoms with Crippen LogP contribution in [0, 0.1) is 0 Å². The number of anilines is 3. The summed E-state index contributed by atoms with van der Waals surface area (Å²) in [6.45, 7) is 6.38. The van der Waals surface area contributed by atoms with E-state index in [0.29, 0.717) is 40.7 Å². The standard InChI is InChI=1S/C29H31N5O3/c1-29(2,3)18-9-13-25(36-4)23(17-18)33-28(35)32-22-12-14-24(21-8-6-5-7-20(21)22)37-26-15-16-30-27(34-26)31-19-10-11-19/h5-9,12-17,19H,10-11H2,1-4H3,(H,30,31,34)(H2,32,33,35). The van der Waals surface area contributed by atoms with E-state index < -0.39 is 0 Å². The average molecular weight is 498 g/mol. The third-order valence-electron chi connectivity index (χ3n) is 6.20. The van der Waals surface area contributed by atoms with Crippen LogP contribution < -0.4 is 25.4 Å². The van der Waals surface area contributed by atoms with Crippen LogP contribution in [0.3, 0.4) is 0 Å². The number of rotatable bonds is 7. The first-order valence-corrected chi connectivity index (χ1v) is 12.4. The van der Waals surface area contributed by atoms with Gasteiger partial charge in [0.2, 0.25) is 11.8 Å². The molecule has 4 aromatic rings. The van der Waals surface area contributed by atoms with Crippen LogP contribution in [0.4, 0.5) is 22.1 Å². The van der Waals surface area contributed by atoms with Crippen molar-refractivity contribution in [1.29, 1.82) is 0 Å². The minimum atomic E-state index is -0.366. The number of urea groups is 1. The lowest BCUT2D eigenvalue weighted by Gasteiger charge is -2.21. The first kappa shape index (κ1) is 24.4. The first-order valence-electron chi connectivity index (χ1n) is 12.4. The summed E-state index contributed by atoms with van der Waals surface area (Å²) in [5.41, 5.74) is 2.29. The Kier molecular flexibility index (Phi) is 6.56. The monoisotopic (exact) mass is 497 g/mol. The Labute approximate surface area is 216 Å². The van der Waals surface area contributed by atoms with Crippen molar-refractivity contribution >= 4 is 34.1 Å². The van der Waals surface area contributed by atoms with E-state index in [9.17, 15) is 4.79 Å². The zero-order valence-corrected chi connectivity index (χ0v) is 21.5. The van der Waals surface area contributed by atoms with Crippen molar-refractivity contribution in [3.63, 3.8) is 0 Å². The molecule has 8 nitrogen and oxygen atoms in total. The molecule has 1 aliphatic rings. The summed E-state index contributed by atoms with van der Waals surface area (Å²) in [7, 11) is 1.59. The maximum atomic E-state index is 13.0. The second-order valence-corrected chi connectivity index (χ2v) is 10.1. The van der Waals surface area contributed by atoms with Crippen molar-refractivity contribution in [2.45, 2.75) is 45.1 Å². The van der Waals surface area contributed by atoms with Gasteiger partial charge in [-0.15, -0.1) is 0 Å². The predicted octanol–water partition coefficient (Wildman–Crippen LogP) is 6.95. The average Bonchev–Trinajstić information content (AvgIpc) is 3.69. The van der Waals surface area contributed by atoms with E-state index in [1.165, 1.54) is 0 Å². The second kappa shape index (κ2) is 9.97. The van der Waals surface area contributed by atoms with Crippen LogP contribution in [0.25, 0.3) is 10.8 Å². The lowest BCUT2D eigenvalue weighted by Crippen LogP contribution is -2.21. The van der Waals surface area contributed by atoms with E-state index in [1.54, 1.807) is 19.4 Å². The largest absolute Gasteiger partial charge is 0.495 e. The van der Waals surface area contributed by atoms with Crippen LogP contribution >= 0.6 is 0 Å². The fourth-order valence-corrected chi connectivity index (χ4v) is 4.01. The number of carbonyl (C=O) groups is 1. The van der Waals surface area contributed by atoms with Crippen molar-refractivity contribution in [2.75, 3.05) is 23.1 Å². The molecule has 1 fully saturated rings. The molecule has 3 N–H and O–H groups in total. The molecule has 3 aromatic carbocycles. The Morgan fingerprint density at radius 3 is 2.38 bits per heavy atom. The number of hydrogen-bond acceptors (Lipinski definition) is 6. The highest BCUT2D eigenvalue weighted by Gasteiger charge is 2.22. The Morgan fingerprint density at radius 2 is 1.65 bits per heavy atom. The van der Waals surface area contributed by atoms with Crippen molar-refractivity contribution in [3.05, 3.63) is 72.4 Å². The summed E-state index contributed by atoms with van der Waals surface area (Å²) in [6.07, 6.45) is 3.95. The highest BCUT2D eigenvalue weighted by Crippen LogP contribution is 2.35. The number of ether oxygens (including phenoxy) is 2. The summed E-state index contributed by atoms with van der Waals surface area (Å²) < 4.78 is 11.6. The number of nitrogens with zero attached hydrogens (tertiary/aromatic N) is 2. The molecule has 1 saturated carbocycles. The molecule has 190 valence electrons. The number of aromatic nitrogens is 2. The highest BCUT2D eigenvalue weighted by molar-refractivity contribution is 6.08. The Balaban J connectivity index is 1.37. The molecule has 2 amide bonds. The SMILES string of the molecule is COc1ccc(C(C)(C)C)cc1NC(=O)Nc1ccc(Oc2ccnc(NC3CC3)n2)c2ccccc12. The van der Waals surface area contributed by atoms with Gasteiger partial charge in [-0.1, -0.05) is 51.1 Å². The summed E-state index contributed by atoms with van der Waals surface area (Å²) in [5, 5.41) is 10.9. The van der Waals surface area contributed by atoms with Gasteiger partial charge in [-0.2, -0.15) is 4.98 Å². The molecule has 0 aliphatic heterocycles. The summed E-state index contributed by atoms with van der Waals surface area (Å²) in [4.78, 5) is 21.8. The third kappa shape index (κ3) is 5.74. The van der Waals surface area contributed by atoms with Gasteiger partial charge < -0.3 is 25.4 Å². The lowest BCUT2D eigenvalue weighted by atomic mass is 9.87. The molecule has 0 atom stereocenters. The Morgan fingerprint density at radius 1 is 0.919 bits per heavy atom. The van der Waals surface area contributed by atoms with Crippen LogP contribution in [0.5, 0.6) is 17.4 Å². The molecule has 1 aromatic heterocycles. The van der Waals surface area contributed by atoms with Gasteiger partial charge in [0.1, 0.15) is 11.5 Å². The van der Waals surface area contributed by atoms with E-state index in [-0.39, 0.29) is 11.4 Å². The van der Waals surface area contributed by atoms with Crippen molar-refractivity contribution in [3.8, 4) is 17.4 Å². The number of methoxy groups -OCH3 is 1. The van der Waals surface area contributed by atoms with Gasteiger partial charge in [0, 0.05) is 29.1 Å². The van der Waals surface area contributed by atoms with Crippen LogP contribution in [0.2, 0.25) is 0 Å². The maximum absolute atomic E-state index is 13.0. The molecular formula is C29H31N5O3. The summed E-state index contributed by atoms with van der Waals surface area (Å²) in [6, 6.07) is 19.0. The van der Waals surface area contributed by atoms with Crippen LogP contribution in [-0.4, -0.2) is 29.2 Å². The summed E-state index contributed by atoms with van der Waals surface area (Å²) >= 11 is 0. The molecule has 0 spiro atoms. The van der Waals surface area contributed by atoms with Gasteiger partial charge >= 0.3 is 6.03 Å². The van der Waals surface area contributed by atoms with Gasteiger partial charge in [-0.25, -0.2) is 9.78 Å². The van der Waals surface area contributed by atoms with E-state index >= 15 is 0 Å². The highest BCUT2D eigenvalue weighted by atomic mass is 16.5. The number of benzene rings is 3. The van der Waals surface area contributed by atoms with E-state index in [2.05, 4.69) is 46.7 Å². The van der Waals surface area contributed by atoms with Gasteiger partial charge in [0.25, 0.3) is 0 Å². The molecule has 0 radical (unpaired) electrons. The molecule has 1 heterocycles. The fraction of sp³-hybridized carbons (Fsp3) is 0.276. The van der Waals surface area contributed by atoms with Crippen molar-refractivity contribution < 1.29 is 14.3 Å². The van der Waals surface area contributed by atoms with Gasteiger partial charge in [0.05, 0.1) is 18.5 Å². The molecule has 0 unspecified atom stereocenters. The zero-order valence-electron chi connectivity index (χ0n) is 21.5. The molecular weight excluding hydrogens is 466 g/mol. The first-order chi connectivity index (χ1) is 17.8. The zero-order chi connectivity index (χ0) is 26.0.